The number of aryl methyl sites for hydroxylation is 1. The van der Waals surface area contributed by atoms with Crippen LogP contribution in [0.15, 0.2) is 108 Å². The van der Waals surface area contributed by atoms with Crippen molar-refractivity contribution in [2.45, 2.75) is 13.1 Å². The highest BCUT2D eigenvalue weighted by Gasteiger charge is 2.17. The van der Waals surface area contributed by atoms with E-state index in [-0.39, 0.29) is 0 Å². The van der Waals surface area contributed by atoms with E-state index in [4.69, 9.17) is 14.3 Å². The van der Waals surface area contributed by atoms with E-state index in [2.05, 4.69) is 83.7 Å². The summed E-state index contributed by atoms with van der Waals surface area (Å²) in [5.41, 5.74) is 7.75. The zero-order valence-corrected chi connectivity index (χ0v) is 20.9. The molecule has 0 unspecified atom stereocenters. The Morgan fingerprint density at radius 1 is 0.865 bits per heavy atom. The van der Waals surface area contributed by atoms with Crippen molar-refractivity contribution >= 4 is 10.9 Å². The van der Waals surface area contributed by atoms with E-state index in [0.29, 0.717) is 6.54 Å². The minimum Gasteiger partial charge on any atom is -0.497 e. The van der Waals surface area contributed by atoms with Crippen LogP contribution in [-0.2, 0) is 20.1 Å². The van der Waals surface area contributed by atoms with Crippen LogP contribution in [0.5, 0.6) is 5.75 Å². The zero-order chi connectivity index (χ0) is 25.2. The van der Waals surface area contributed by atoms with Gasteiger partial charge >= 0.3 is 0 Å². The molecule has 0 radical (unpaired) electrons. The van der Waals surface area contributed by atoms with E-state index >= 15 is 0 Å². The molecule has 6 heteroatoms. The number of nitrogens with zero attached hydrogens (tertiary/aromatic N) is 3. The number of para-hydroxylation sites is 1. The number of aromatic nitrogens is 3. The van der Waals surface area contributed by atoms with Crippen molar-refractivity contribution in [3.8, 4) is 34.0 Å². The molecular weight excluding hydrogens is 460 g/mol. The SMILES string of the molecule is COc1ccc(-c2ccc(-n3ncc(CNCc4cc5ccccc5n4C)c3-c3ccco3)cc2)cc1. The molecule has 0 atom stereocenters. The van der Waals surface area contributed by atoms with Gasteiger partial charge in [-0.3, -0.25) is 0 Å². The lowest BCUT2D eigenvalue weighted by Gasteiger charge is -2.10. The lowest BCUT2D eigenvalue weighted by molar-refractivity contribution is 0.415. The normalized spacial score (nSPS) is 11.3. The molecule has 6 nitrogen and oxygen atoms in total. The van der Waals surface area contributed by atoms with E-state index in [1.165, 1.54) is 16.6 Å². The molecular formula is C31H28N4O2. The Labute approximate surface area is 215 Å². The molecule has 0 saturated carbocycles. The van der Waals surface area contributed by atoms with Gasteiger partial charge in [0.05, 0.1) is 25.3 Å². The third kappa shape index (κ3) is 4.43. The third-order valence-electron chi connectivity index (χ3n) is 6.81. The minimum atomic E-state index is 0.668. The Morgan fingerprint density at radius 2 is 1.62 bits per heavy atom. The first kappa shape index (κ1) is 22.9. The first-order valence-electron chi connectivity index (χ1n) is 12.3. The van der Waals surface area contributed by atoms with Crippen LogP contribution < -0.4 is 10.1 Å². The predicted molar refractivity (Wildman–Crippen MR) is 147 cm³/mol. The van der Waals surface area contributed by atoms with Crippen LogP contribution in [0.1, 0.15) is 11.3 Å². The van der Waals surface area contributed by atoms with Crippen molar-refractivity contribution in [2.24, 2.45) is 7.05 Å². The molecule has 0 saturated heterocycles. The van der Waals surface area contributed by atoms with Crippen molar-refractivity contribution in [3.63, 3.8) is 0 Å². The maximum Gasteiger partial charge on any atom is 0.152 e. The Balaban J connectivity index is 1.25. The smallest absolute Gasteiger partial charge is 0.152 e. The van der Waals surface area contributed by atoms with Crippen molar-refractivity contribution in [1.82, 2.24) is 19.7 Å². The molecule has 1 N–H and O–H groups in total. The number of hydrogen-bond acceptors (Lipinski definition) is 4. The van der Waals surface area contributed by atoms with Gasteiger partial charge in [-0.05, 0) is 65.0 Å². The van der Waals surface area contributed by atoms with E-state index in [1.807, 2.05) is 35.1 Å². The fourth-order valence-corrected chi connectivity index (χ4v) is 4.80. The number of methoxy groups -OCH3 is 1. The highest BCUT2D eigenvalue weighted by atomic mass is 16.5. The van der Waals surface area contributed by atoms with Gasteiger partial charge < -0.3 is 19.0 Å². The van der Waals surface area contributed by atoms with Gasteiger partial charge in [0.1, 0.15) is 11.4 Å². The number of fused-ring (bicyclic) bond motifs is 1. The topological polar surface area (TPSA) is 57.1 Å². The van der Waals surface area contributed by atoms with Crippen molar-refractivity contribution in [1.29, 1.82) is 0 Å². The number of nitrogens with one attached hydrogen (secondary N) is 1. The molecule has 3 aromatic heterocycles. The Morgan fingerprint density at radius 3 is 2.32 bits per heavy atom. The summed E-state index contributed by atoms with van der Waals surface area (Å²) in [5.74, 6) is 1.64. The molecule has 6 aromatic rings. The third-order valence-corrected chi connectivity index (χ3v) is 6.81. The molecule has 3 heterocycles. The summed E-state index contributed by atoms with van der Waals surface area (Å²) in [6.45, 7) is 1.42. The van der Waals surface area contributed by atoms with E-state index in [0.717, 1.165) is 46.1 Å². The van der Waals surface area contributed by atoms with E-state index in [1.54, 1.807) is 13.4 Å². The zero-order valence-electron chi connectivity index (χ0n) is 20.9. The summed E-state index contributed by atoms with van der Waals surface area (Å²) >= 11 is 0. The summed E-state index contributed by atoms with van der Waals surface area (Å²) in [4.78, 5) is 0. The Bertz CT molecular complexity index is 1630. The Hall–Kier alpha value is -4.55. The first-order valence-corrected chi connectivity index (χ1v) is 12.3. The quantitative estimate of drug-likeness (QED) is 0.263. The molecule has 3 aromatic carbocycles. The molecule has 0 aliphatic carbocycles. The average molecular weight is 489 g/mol. The molecule has 184 valence electrons. The summed E-state index contributed by atoms with van der Waals surface area (Å²) < 4.78 is 15.3. The molecule has 0 aliphatic heterocycles. The first-order chi connectivity index (χ1) is 18.2. The second-order valence-electron chi connectivity index (χ2n) is 9.04. The largest absolute Gasteiger partial charge is 0.497 e. The summed E-state index contributed by atoms with van der Waals surface area (Å²) in [6.07, 6.45) is 3.62. The molecule has 0 spiro atoms. The number of hydrogen-bond donors (Lipinski definition) is 1. The summed E-state index contributed by atoms with van der Waals surface area (Å²) in [7, 11) is 3.79. The number of furan rings is 1. The van der Waals surface area contributed by atoms with Crippen LogP contribution >= 0.6 is 0 Å². The lowest BCUT2D eigenvalue weighted by atomic mass is 10.1. The second-order valence-corrected chi connectivity index (χ2v) is 9.04. The van der Waals surface area contributed by atoms with Gasteiger partial charge in [-0.25, -0.2) is 4.68 Å². The van der Waals surface area contributed by atoms with Crippen LogP contribution in [0.4, 0.5) is 0 Å². The fraction of sp³-hybridized carbons (Fsp3) is 0.129. The second kappa shape index (κ2) is 9.84. The van der Waals surface area contributed by atoms with Crippen LogP contribution in [-0.4, -0.2) is 21.5 Å². The van der Waals surface area contributed by atoms with E-state index in [9.17, 15) is 0 Å². The van der Waals surface area contributed by atoms with Gasteiger partial charge in [0.15, 0.2) is 5.76 Å². The molecule has 0 amide bonds. The highest BCUT2D eigenvalue weighted by Crippen LogP contribution is 2.29. The van der Waals surface area contributed by atoms with Gasteiger partial charge in [-0.15, -0.1) is 0 Å². The molecule has 0 fully saturated rings. The number of ether oxygens (including phenoxy) is 1. The van der Waals surface area contributed by atoms with Crippen molar-refractivity contribution in [2.75, 3.05) is 7.11 Å². The van der Waals surface area contributed by atoms with Crippen LogP contribution in [0.3, 0.4) is 0 Å². The molecule has 37 heavy (non-hydrogen) atoms. The summed E-state index contributed by atoms with van der Waals surface area (Å²) in [5, 5.41) is 9.59. The maximum absolute atomic E-state index is 5.81. The van der Waals surface area contributed by atoms with Crippen molar-refractivity contribution in [3.05, 3.63) is 115 Å². The summed E-state index contributed by atoms with van der Waals surface area (Å²) in [6, 6.07) is 31.1. The molecule has 0 aliphatic rings. The average Bonchev–Trinajstić information content (AvgIpc) is 3.69. The monoisotopic (exact) mass is 488 g/mol. The fourth-order valence-electron chi connectivity index (χ4n) is 4.80. The van der Waals surface area contributed by atoms with Crippen LogP contribution in [0.2, 0.25) is 0 Å². The molecule has 6 rings (SSSR count). The van der Waals surface area contributed by atoms with Crippen LogP contribution in [0.25, 0.3) is 39.2 Å². The van der Waals surface area contributed by atoms with Crippen molar-refractivity contribution < 1.29 is 9.15 Å². The lowest BCUT2D eigenvalue weighted by Crippen LogP contribution is -2.15. The van der Waals surface area contributed by atoms with Crippen LogP contribution in [0, 0.1) is 0 Å². The van der Waals surface area contributed by atoms with Gasteiger partial charge in [0.25, 0.3) is 0 Å². The molecule has 0 bridgehead atoms. The van der Waals surface area contributed by atoms with Gasteiger partial charge in [0.2, 0.25) is 0 Å². The van der Waals surface area contributed by atoms with Gasteiger partial charge in [0, 0.05) is 36.9 Å². The standard InChI is InChI=1S/C31H28N4O2/c1-34-27(18-24-6-3-4-7-29(24)34)21-32-19-25-20-33-35(31(25)30-8-5-17-37-30)26-13-9-22(10-14-26)23-11-15-28(36-2)16-12-23/h3-18,20,32H,19,21H2,1-2H3. The highest BCUT2D eigenvalue weighted by molar-refractivity contribution is 5.81. The maximum atomic E-state index is 5.81. The number of rotatable bonds is 8. The Kier molecular flexibility index (Phi) is 6.08. The van der Waals surface area contributed by atoms with Gasteiger partial charge in [-0.1, -0.05) is 42.5 Å². The number of benzene rings is 3. The minimum absolute atomic E-state index is 0.668. The van der Waals surface area contributed by atoms with E-state index < -0.39 is 0 Å². The van der Waals surface area contributed by atoms with Gasteiger partial charge in [-0.2, -0.15) is 5.10 Å². The predicted octanol–water partition coefficient (Wildman–Crippen LogP) is 6.59.